The Bertz CT molecular complexity index is 417. The van der Waals surface area contributed by atoms with E-state index in [4.69, 9.17) is 0 Å². The summed E-state index contributed by atoms with van der Waals surface area (Å²) in [6, 6.07) is 0. The predicted octanol–water partition coefficient (Wildman–Crippen LogP) is 3.18. The SMILES string of the molecule is FC(F)(F)c1nnc(N2CC3CCCCC3C2)s1. The number of nitrogens with zero attached hydrogens (tertiary/aromatic N) is 3. The van der Waals surface area contributed by atoms with Crippen LogP contribution in [0.1, 0.15) is 30.7 Å². The van der Waals surface area contributed by atoms with Gasteiger partial charge in [0.1, 0.15) is 0 Å². The van der Waals surface area contributed by atoms with E-state index in [1.54, 1.807) is 0 Å². The summed E-state index contributed by atoms with van der Waals surface area (Å²) in [6.45, 7) is 1.69. The first kappa shape index (κ1) is 12.2. The second kappa shape index (κ2) is 4.36. The highest BCUT2D eigenvalue weighted by molar-refractivity contribution is 7.15. The minimum atomic E-state index is -4.37. The van der Waals surface area contributed by atoms with E-state index in [0.29, 0.717) is 28.3 Å². The van der Waals surface area contributed by atoms with Gasteiger partial charge in [0.15, 0.2) is 0 Å². The van der Waals surface area contributed by atoms with Gasteiger partial charge in [-0.2, -0.15) is 13.2 Å². The Morgan fingerprint density at radius 2 is 1.67 bits per heavy atom. The highest BCUT2D eigenvalue weighted by atomic mass is 32.1. The van der Waals surface area contributed by atoms with Crippen molar-refractivity contribution in [2.45, 2.75) is 31.9 Å². The third kappa shape index (κ3) is 2.20. The predicted molar refractivity (Wildman–Crippen MR) is 62.6 cm³/mol. The summed E-state index contributed by atoms with van der Waals surface area (Å²) in [5.74, 6) is 1.27. The average molecular weight is 277 g/mol. The molecule has 3 rings (SSSR count). The van der Waals surface area contributed by atoms with Crippen LogP contribution in [0, 0.1) is 11.8 Å². The molecule has 0 N–H and O–H groups in total. The molecular formula is C11H14F3N3S. The molecule has 1 aromatic heterocycles. The quantitative estimate of drug-likeness (QED) is 0.789. The Labute approximate surface area is 107 Å². The third-order valence-electron chi connectivity index (χ3n) is 3.90. The van der Waals surface area contributed by atoms with E-state index >= 15 is 0 Å². The number of anilines is 1. The lowest BCUT2D eigenvalue weighted by molar-refractivity contribution is -0.138. The molecule has 3 nitrogen and oxygen atoms in total. The molecule has 2 atom stereocenters. The molecule has 0 spiro atoms. The lowest BCUT2D eigenvalue weighted by atomic mass is 9.82. The molecular weight excluding hydrogens is 263 g/mol. The first-order valence-corrected chi connectivity index (χ1v) is 7.01. The number of rotatable bonds is 1. The van der Waals surface area contributed by atoms with E-state index in [0.717, 1.165) is 13.1 Å². The lowest BCUT2D eigenvalue weighted by Crippen LogP contribution is -2.19. The molecule has 0 bridgehead atoms. The molecule has 7 heteroatoms. The van der Waals surface area contributed by atoms with Gasteiger partial charge in [-0.15, -0.1) is 10.2 Å². The summed E-state index contributed by atoms with van der Waals surface area (Å²) < 4.78 is 37.4. The van der Waals surface area contributed by atoms with Crippen LogP contribution < -0.4 is 4.90 Å². The first-order valence-electron chi connectivity index (χ1n) is 6.19. The smallest absolute Gasteiger partial charge is 0.346 e. The molecule has 18 heavy (non-hydrogen) atoms. The second-order valence-electron chi connectivity index (χ2n) is 5.10. The Kier molecular flexibility index (Phi) is 2.96. The first-order chi connectivity index (χ1) is 8.54. The minimum Gasteiger partial charge on any atom is -0.346 e. The molecule has 2 heterocycles. The van der Waals surface area contributed by atoms with E-state index in [1.807, 2.05) is 4.90 Å². The zero-order chi connectivity index (χ0) is 12.8. The van der Waals surface area contributed by atoms with Crippen LogP contribution in [0.25, 0.3) is 0 Å². The van der Waals surface area contributed by atoms with E-state index in [-0.39, 0.29) is 0 Å². The molecule has 1 saturated heterocycles. The van der Waals surface area contributed by atoms with Crippen LogP contribution in [0.3, 0.4) is 0 Å². The van der Waals surface area contributed by atoms with E-state index in [9.17, 15) is 13.2 Å². The molecule has 1 aliphatic carbocycles. The number of hydrogen-bond donors (Lipinski definition) is 0. The van der Waals surface area contributed by atoms with E-state index < -0.39 is 11.2 Å². The maximum atomic E-state index is 12.5. The third-order valence-corrected chi connectivity index (χ3v) is 4.93. The number of fused-ring (bicyclic) bond motifs is 1. The maximum Gasteiger partial charge on any atom is 0.445 e. The molecule has 2 aliphatic rings. The summed E-state index contributed by atoms with van der Waals surface area (Å²) >= 11 is 0.661. The minimum absolute atomic E-state index is 0.428. The zero-order valence-electron chi connectivity index (χ0n) is 9.78. The van der Waals surface area contributed by atoms with Crippen LogP contribution in [-0.2, 0) is 6.18 Å². The standard InChI is InChI=1S/C11H14F3N3S/c12-11(13,14)9-15-16-10(18-9)17-5-7-3-1-2-4-8(7)6-17/h7-8H,1-6H2. The van der Waals surface area contributed by atoms with Crippen molar-refractivity contribution >= 4 is 16.5 Å². The highest BCUT2D eigenvalue weighted by Crippen LogP contribution is 2.40. The van der Waals surface area contributed by atoms with E-state index in [2.05, 4.69) is 10.2 Å². The molecule has 0 radical (unpaired) electrons. The van der Waals surface area contributed by atoms with Crippen LogP contribution in [0.4, 0.5) is 18.3 Å². The lowest BCUT2D eigenvalue weighted by Gasteiger charge is -2.22. The number of aromatic nitrogens is 2. The Hall–Kier alpha value is -0.850. The summed E-state index contributed by atoms with van der Waals surface area (Å²) in [4.78, 5) is 1.98. The van der Waals surface area contributed by atoms with Gasteiger partial charge in [-0.05, 0) is 24.7 Å². The van der Waals surface area contributed by atoms with Gasteiger partial charge in [-0.1, -0.05) is 24.2 Å². The molecule has 0 aromatic carbocycles. The van der Waals surface area contributed by atoms with Gasteiger partial charge in [-0.25, -0.2) is 0 Å². The molecule has 1 aromatic rings. The van der Waals surface area contributed by atoms with Gasteiger partial charge in [-0.3, -0.25) is 0 Å². The second-order valence-corrected chi connectivity index (χ2v) is 6.05. The van der Waals surface area contributed by atoms with Crippen molar-refractivity contribution in [2.75, 3.05) is 18.0 Å². The monoisotopic (exact) mass is 277 g/mol. The molecule has 0 amide bonds. The van der Waals surface area contributed by atoms with Crippen molar-refractivity contribution < 1.29 is 13.2 Å². The molecule has 2 fully saturated rings. The van der Waals surface area contributed by atoms with Gasteiger partial charge in [0.25, 0.3) is 0 Å². The number of halogens is 3. The van der Waals surface area contributed by atoms with Crippen molar-refractivity contribution in [1.82, 2.24) is 10.2 Å². The maximum absolute atomic E-state index is 12.5. The Balaban J connectivity index is 1.74. The largest absolute Gasteiger partial charge is 0.445 e. The van der Waals surface area contributed by atoms with Gasteiger partial charge in [0, 0.05) is 13.1 Å². The van der Waals surface area contributed by atoms with Gasteiger partial charge in [0.05, 0.1) is 0 Å². The fourth-order valence-corrected chi connectivity index (χ4v) is 3.75. The van der Waals surface area contributed by atoms with Gasteiger partial charge >= 0.3 is 6.18 Å². The number of alkyl halides is 3. The van der Waals surface area contributed by atoms with E-state index in [1.165, 1.54) is 25.7 Å². The van der Waals surface area contributed by atoms with Gasteiger partial charge in [0.2, 0.25) is 10.1 Å². The molecule has 1 saturated carbocycles. The highest BCUT2D eigenvalue weighted by Gasteiger charge is 2.39. The summed E-state index contributed by atoms with van der Waals surface area (Å²) in [5, 5.41) is 6.54. The summed E-state index contributed by atoms with van der Waals surface area (Å²) in [5.41, 5.74) is 0. The fourth-order valence-electron chi connectivity index (χ4n) is 3.02. The number of hydrogen-bond acceptors (Lipinski definition) is 4. The van der Waals surface area contributed by atoms with Gasteiger partial charge < -0.3 is 4.90 Å². The zero-order valence-corrected chi connectivity index (χ0v) is 10.6. The van der Waals surface area contributed by atoms with Crippen molar-refractivity contribution in [1.29, 1.82) is 0 Å². The van der Waals surface area contributed by atoms with Crippen molar-refractivity contribution in [3.63, 3.8) is 0 Å². The van der Waals surface area contributed by atoms with Crippen LogP contribution in [0.2, 0.25) is 0 Å². The van der Waals surface area contributed by atoms with Crippen molar-refractivity contribution in [3.05, 3.63) is 5.01 Å². The van der Waals surface area contributed by atoms with Crippen molar-refractivity contribution in [3.8, 4) is 0 Å². The Morgan fingerprint density at radius 1 is 1.06 bits per heavy atom. The van der Waals surface area contributed by atoms with Crippen LogP contribution in [-0.4, -0.2) is 23.3 Å². The normalized spacial score (nSPS) is 28.5. The van der Waals surface area contributed by atoms with Crippen molar-refractivity contribution in [2.24, 2.45) is 11.8 Å². The molecule has 2 unspecified atom stereocenters. The molecule has 100 valence electrons. The molecule has 1 aliphatic heterocycles. The summed E-state index contributed by atoms with van der Waals surface area (Å²) in [6.07, 6.45) is 0.526. The Morgan fingerprint density at radius 3 is 2.17 bits per heavy atom. The topological polar surface area (TPSA) is 29.0 Å². The fraction of sp³-hybridized carbons (Fsp3) is 0.818. The van der Waals surface area contributed by atoms with Crippen LogP contribution >= 0.6 is 11.3 Å². The van der Waals surface area contributed by atoms with Crippen LogP contribution in [0.15, 0.2) is 0 Å². The average Bonchev–Trinajstić information content (AvgIpc) is 2.94. The van der Waals surface area contributed by atoms with Crippen LogP contribution in [0.5, 0.6) is 0 Å². The summed E-state index contributed by atoms with van der Waals surface area (Å²) in [7, 11) is 0.